The van der Waals surface area contributed by atoms with Gasteiger partial charge < -0.3 is 86.2 Å². The summed E-state index contributed by atoms with van der Waals surface area (Å²) >= 11 is 0. The van der Waals surface area contributed by atoms with E-state index in [1.54, 1.807) is 92.7 Å². The molecule has 40 heteroatoms. The number of para-hydroxylation sites is 2. The van der Waals surface area contributed by atoms with Gasteiger partial charge in [0.05, 0.1) is 17.0 Å². The molecule has 2 aliphatic heterocycles. The number of nitrogens with one attached hydrogen (secondary N) is 6. The fourth-order valence-electron chi connectivity index (χ4n) is 11.7. The number of halogens is 4. The molecule has 0 fully saturated rings. The molecule has 0 spiro atoms. The summed E-state index contributed by atoms with van der Waals surface area (Å²) < 4.78 is 5.12. The summed E-state index contributed by atoms with van der Waals surface area (Å²) in [6, 6.07) is 65.6. The summed E-state index contributed by atoms with van der Waals surface area (Å²) in [5, 5.41) is 37.5. The van der Waals surface area contributed by atoms with E-state index in [1.807, 2.05) is 79.0 Å². The van der Waals surface area contributed by atoms with E-state index in [0.717, 1.165) is 72.2 Å². The maximum absolute atomic E-state index is 10.6. The van der Waals surface area contributed by atoms with Crippen molar-refractivity contribution in [1.29, 1.82) is 0 Å². The SMILES string of the molecule is CC1Cc2ccccc2N1c1ccnc(N)n1.CCc1ccc(Nc2ccnc(N)n2)cc1.COc1cccc(Nc2ccnc(N)n2)c1.Cl.Cl.Cl.Cl.Nc1nccc(N2CCCc3ccccc32)n1.Nc1nccc(Nc2ccc([N+](=O)[O-])cc2)n1.Nc1nccc(Nc2ccc3cc[nH]c3c2)n1.Nc1nccc(Nc2cccc([N+](=O)[O-])c2)n1. The van der Waals surface area contributed by atoms with Crippen LogP contribution in [0.1, 0.15) is 37.0 Å². The van der Waals surface area contributed by atoms with Crippen molar-refractivity contribution in [1.82, 2.24) is 74.8 Å². The Balaban J connectivity index is 0.000000193. The van der Waals surface area contributed by atoms with Gasteiger partial charge in [-0.25, -0.2) is 34.9 Å². The lowest BCUT2D eigenvalue weighted by Crippen LogP contribution is -2.25. The molecular weight excluding hydrogens is 1630 g/mol. The molecule has 1 atom stereocenters. The van der Waals surface area contributed by atoms with E-state index in [0.29, 0.717) is 58.4 Å². The molecule has 36 nitrogen and oxygen atoms in total. The molecular formula is C81H87Cl4N31O5. The third-order valence-electron chi connectivity index (χ3n) is 17.0. The molecule has 0 saturated carbocycles. The standard InChI is InChI=1S/2C13H14N4.C12H11N5.C12H14N4.C11H12N4O.2C10H9N5O2.4ClH/c1-9-8-10-4-2-3-5-11(10)17(9)12-6-7-15-13(14)16-12;14-13-15-8-7-12(16-13)17-9-3-5-10-4-1-2-6-11(10)17;13-12-15-6-4-11(17-12)16-9-2-1-8-3-5-14-10(8)7-9;1-2-9-3-5-10(6-4-9)15-11-7-8-14-12(13)16-11;1-16-9-4-2-3-8(7-9)14-10-5-6-13-11(12)15-10;11-10-12-6-5-9(14-10)13-7-1-3-8(4-2-7)15(16)17;11-10-12-5-4-9(14-10)13-7-2-1-3-8(6-7)15(16)17;;;;/h2-7,9H,8H2,1H3,(H2,14,15,16);1-2,4,6-8H,3,5,9H2,(H2,14,15,16);1-7,14H,(H3,13,15,16,17);3-8H,2H2,1H3,(H3,13,14,15,16);2-7H,1H3,(H3,12,13,14,15);2*1-6H,(H3,11,12,13,14);4*1H. The first-order chi connectivity index (χ1) is 56.8. The van der Waals surface area contributed by atoms with E-state index >= 15 is 0 Å². The van der Waals surface area contributed by atoms with E-state index in [1.165, 1.54) is 70.1 Å². The number of aromatic nitrogens is 15. The van der Waals surface area contributed by atoms with E-state index < -0.39 is 9.85 Å². The van der Waals surface area contributed by atoms with Gasteiger partial charge in [-0.1, -0.05) is 73.7 Å². The number of nitrogens with zero attached hydrogens (tertiary/aromatic N) is 18. The maximum Gasteiger partial charge on any atom is 0.271 e. The first kappa shape index (κ1) is 92.8. The van der Waals surface area contributed by atoms with E-state index in [2.05, 4.69) is 186 Å². The number of fused-ring (bicyclic) bond motifs is 3. The van der Waals surface area contributed by atoms with Crippen LogP contribution in [0.4, 0.5) is 134 Å². The van der Waals surface area contributed by atoms with Crippen LogP contribution in [-0.4, -0.2) is 104 Å². The van der Waals surface area contributed by atoms with Crippen molar-refractivity contribution in [2.75, 3.05) is 90.2 Å². The number of nitrogen functional groups attached to an aromatic ring is 7. The van der Waals surface area contributed by atoms with Gasteiger partial charge in [-0.05, 0) is 170 Å². The molecule has 7 aromatic carbocycles. The fraction of sp³-hybridized carbons (Fsp3) is 0.111. The van der Waals surface area contributed by atoms with Gasteiger partial charge in [0, 0.05) is 138 Å². The van der Waals surface area contributed by atoms with Gasteiger partial charge in [0.25, 0.3) is 11.4 Å². The van der Waals surface area contributed by atoms with Gasteiger partial charge in [0.1, 0.15) is 46.5 Å². The Bertz CT molecular complexity index is 5800. The summed E-state index contributed by atoms with van der Waals surface area (Å²) in [6.45, 7) is 5.30. The van der Waals surface area contributed by atoms with Gasteiger partial charge in [-0.3, -0.25) is 20.2 Å². The first-order valence-corrected chi connectivity index (χ1v) is 36.2. The highest BCUT2D eigenvalue weighted by Crippen LogP contribution is 2.38. The number of anilines is 21. The molecule has 121 heavy (non-hydrogen) atoms. The monoisotopic (exact) mass is 1710 g/mol. The maximum atomic E-state index is 10.6. The number of hydrogen-bond donors (Lipinski definition) is 13. The summed E-state index contributed by atoms with van der Waals surface area (Å²) in [7, 11) is 1.63. The van der Waals surface area contributed by atoms with Crippen molar-refractivity contribution in [3.8, 4) is 5.75 Å². The summed E-state index contributed by atoms with van der Waals surface area (Å²) in [6.07, 6.45) is 17.6. The highest BCUT2D eigenvalue weighted by molar-refractivity contribution is 5.86. The molecule has 0 aliphatic carbocycles. The van der Waals surface area contributed by atoms with Crippen LogP contribution >= 0.6 is 49.6 Å². The summed E-state index contributed by atoms with van der Waals surface area (Å²) in [4.78, 5) is 83.2. The number of nitro benzene ring substituents is 2. The number of nitrogens with two attached hydrogens (primary N) is 7. The molecule has 1 unspecified atom stereocenters. The number of aromatic amines is 1. The van der Waals surface area contributed by atoms with Crippen molar-refractivity contribution < 1.29 is 14.6 Å². The minimum absolute atomic E-state index is 0. The highest BCUT2D eigenvalue weighted by atomic mass is 35.5. The number of aryl methyl sites for hydroxylation is 2. The molecule has 624 valence electrons. The van der Waals surface area contributed by atoms with Gasteiger partial charge in [0.15, 0.2) is 0 Å². The molecule has 15 aromatic rings. The van der Waals surface area contributed by atoms with Crippen molar-refractivity contribution in [2.24, 2.45) is 0 Å². The normalized spacial score (nSPS) is 11.5. The third-order valence-corrected chi connectivity index (χ3v) is 17.0. The average molecular weight is 1720 g/mol. The van der Waals surface area contributed by atoms with Gasteiger partial charge in [-0.15, -0.1) is 49.6 Å². The Morgan fingerprint density at radius 3 is 1.32 bits per heavy atom. The molecule has 17 rings (SSSR count). The van der Waals surface area contributed by atoms with E-state index in [-0.39, 0.29) is 90.7 Å². The number of ether oxygens (including phenoxy) is 1. The zero-order chi connectivity index (χ0) is 82.4. The molecule has 0 radical (unpaired) electrons. The molecule has 0 saturated heterocycles. The molecule has 2 aliphatic rings. The van der Waals surface area contributed by atoms with E-state index in [9.17, 15) is 20.2 Å². The van der Waals surface area contributed by atoms with Crippen LogP contribution in [-0.2, 0) is 19.3 Å². The van der Waals surface area contributed by atoms with Gasteiger partial charge in [0.2, 0.25) is 41.6 Å². The predicted octanol–water partition coefficient (Wildman–Crippen LogP) is 15.9. The van der Waals surface area contributed by atoms with Crippen molar-refractivity contribution in [3.63, 3.8) is 0 Å². The average Bonchev–Trinajstić information content (AvgIpc) is 1.65. The number of methoxy groups -OCH3 is 1. The Labute approximate surface area is 719 Å². The first-order valence-electron chi connectivity index (χ1n) is 36.2. The van der Waals surface area contributed by atoms with Gasteiger partial charge >= 0.3 is 0 Å². The number of H-pyrrole nitrogens is 1. The Morgan fingerprint density at radius 2 is 0.843 bits per heavy atom. The number of hydrogen-bond acceptors (Lipinski definition) is 33. The third kappa shape index (κ3) is 28.2. The molecule has 0 bridgehead atoms. The lowest BCUT2D eigenvalue weighted by molar-refractivity contribution is -0.385. The number of nitro groups is 2. The summed E-state index contributed by atoms with van der Waals surface area (Å²) in [5.41, 5.74) is 50.3. The largest absolute Gasteiger partial charge is 0.497 e. The van der Waals surface area contributed by atoms with Crippen LogP contribution in [0.2, 0.25) is 0 Å². The number of non-ortho nitro benzene ring substituents is 2. The second-order valence-corrected chi connectivity index (χ2v) is 25.3. The summed E-state index contributed by atoms with van der Waals surface area (Å²) in [5.74, 6) is 7.32. The van der Waals surface area contributed by atoms with Gasteiger partial charge in [-0.2, -0.15) is 34.9 Å². The minimum atomic E-state index is -0.459. The van der Waals surface area contributed by atoms with Crippen LogP contribution in [0, 0.1) is 20.2 Å². The molecule has 0 amide bonds. The molecule has 20 N–H and O–H groups in total. The van der Waals surface area contributed by atoms with Crippen molar-refractivity contribution in [3.05, 3.63) is 299 Å². The topological polar surface area (TPSA) is 541 Å². The molecule has 10 heterocycles. The highest BCUT2D eigenvalue weighted by Gasteiger charge is 2.28. The van der Waals surface area contributed by atoms with Crippen molar-refractivity contribution >= 4 is 194 Å². The Kier molecular flexibility index (Phi) is 35.6. The number of benzene rings is 7. The van der Waals surface area contributed by atoms with Crippen LogP contribution in [0.3, 0.4) is 0 Å². The minimum Gasteiger partial charge on any atom is -0.497 e. The zero-order valence-electron chi connectivity index (χ0n) is 65.2. The predicted molar refractivity (Wildman–Crippen MR) is 487 cm³/mol. The molecule has 8 aromatic heterocycles. The van der Waals surface area contributed by atoms with Crippen LogP contribution in [0.25, 0.3) is 10.9 Å². The second-order valence-electron chi connectivity index (χ2n) is 25.3. The smallest absolute Gasteiger partial charge is 0.271 e. The van der Waals surface area contributed by atoms with E-state index in [4.69, 9.17) is 44.9 Å². The van der Waals surface area contributed by atoms with Crippen molar-refractivity contribution in [2.45, 2.75) is 45.6 Å². The van der Waals surface area contributed by atoms with Crippen LogP contribution in [0.15, 0.2) is 262 Å². The fourth-order valence-corrected chi connectivity index (χ4v) is 11.7. The van der Waals surface area contributed by atoms with Crippen LogP contribution < -0.4 is 81.3 Å². The lowest BCUT2D eigenvalue weighted by atomic mass is 10.0. The lowest BCUT2D eigenvalue weighted by Gasteiger charge is -2.30. The van der Waals surface area contributed by atoms with Crippen LogP contribution in [0.5, 0.6) is 5.75 Å². The number of rotatable bonds is 16. The second kappa shape index (κ2) is 46.4. The Morgan fingerprint density at radius 1 is 0.430 bits per heavy atom. The zero-order valence-corrected chi connectivity index (χ0v) is 68.5. The quantitative estimate of drug-likeness (QED) is 0.0316. The Hall–Kier alpha value is -15.4.